The number of fused-ring (bicyclic) bond motifs is 6. The number of hydrogen-bond donors (Lipinski definition) is 0. The van der Waals surface area contributed by atoms with Crippen molar-refractivity contribution in [2.75, 3.05) is 0 Å². The molecule has 0 radical (unpaired) electrons. The average molecular weight is 428 g/mol. The van der Waals surface area contributed by atoms with Crippen LogP contribution in [0.5, 0.6) is 0 Å². The zero-order valence-corrected chi connectivity index (χ0v) is 17.9. The number of benzene rings is 3. The summed E-state index contributed by atoms with van der Waals surface area (Å²) in [5.41, 5.74) is 6.52. The van der Waals surface area contributed by atoms with Gasteiger partial charge in [-0.05, 0) is 42.5 Å². The highest BCUT2D eigenvalue weighted by Crippen LogP contribution is 2.38. The molecular weight excluding hydrogens is 410 g/mol. The van der Waals surface area contributed by atoms with Crippen LogP contribution in [0, 0.1) is 0 Å². The third-order valence-electron chi connectivity index (χ3n) is 6.06. The van der Waals surface area contributed by atoms with Crippen LogP contribution in [0.15, 0.2) is 103 Å². The third-order valence-corrected chi connectivity index (χ3v) is 7.14. The fraction of sp³-hybridized carbons (Fsp3) is 0. The van der Waals surface area contributed by atoms with E-state index in [-0.39, 0.29) is 0 Å². The van der Waals surface area contributed by atoms with Gasteiger partial charge in [0, 0.05) is 38.3 Å². The maximum Gasteiger partial charge on any atom is 0.125 e. The van der Waals surface area contributed by atoms with Gasteiger partial charge in [-0.1, -0.05) is 54.6 Å². The summed E-state index contributed by atoms with van der Waals surface area (Å²) in [7, 11) is 0. The van der Waals surface area contributed by atoms with Crippen LogP contribution in [0.3, 0.4) is 0 Å². The van der Waals surface area contributed by atoms with Crippen LogP contribution in [-0.4, -0.2) is 14.5 Å². The molecule has 32 heavy (non-hydrogen) atoms. The molecule has 0 atom stereocenters. The van der Waals surface area contributed by atoms with Crippen LogP contribution in [0.25, 0.3) is 59.2 Å². The molecule has 4 heteroatoms. The zero-order valence-electron chi connectivity index (χ0n) is 17.1. The molecule has 0 saturated heterocycles. The van der Waals surface area contributed by atoms with E-state index >= 15 is 0 Å². The maximum atomic E-state index is 5.16. The first kappa shape index (κ1) is 17.6. The summed E-state index contributed by atoms with van der Waals surface area (Å²) in [6, 6.07) is 34.0. The third kappa shape index (κ3) is 2.53. The summed E-state index contributed by atoms with van der Waals surface area (Å²) in [6.07, 6.45) is 1.84. The fourth-order valence-electron chi connectivity index (χ4n) is 4.62. The molecule has 0 aliphatic carbocycles. The lowest BCUT2D eigenvalue weighted by Crippen LogP contribution is -1.95. The lowest BCUT2D eigenvalue weighted by Gasteiger charge is -2.10. The Bertz CT molecular complexity index is 1780. The molecule has 0 saturated carbocycles. The number of aromatic nitrogens is 3. The number of thiophene rings is 1. The van der Waals surface area contributed by atoms with Crippen LogP contribution < -0.4 is 0 Å². The van der Waals surface area contributed by atoms with E-state index < -0.39 is 0 Å². The van der Waals surface area contributed by atoms with Crippen LogP contribution in [0.1, 0.15) is 0 Å². The second-order valence-corrected chi connectivity index (χ2v) is 8.96. The van der Waals surface area contributed by atoms with Crippen LogP contribution in [0.2, 0.25) is 0 Å². The van der Waals surface area contributed by atoms with Crippen LogP contribution >= 0.6 is 11.3 Å². The lowest BCUT2D eigenvalue weighted by molar-refractivity contribution is 1.18. The SMILES string of the molecule is c1ccc(-c2cccc(-n3c4ccccc4c4nc5sc6ccccc6c5cc43)c2)nc1. The molecule has 0 N–H and O–H groups in total. The molecule has 0 fully saturated rings. The van der Waals surface area contributed by atoms with Crippen molar-refractivity contribution in [2.45, 2.75) is 0 Å². The van der Waals surface area contributed by atoms with Gasteiger partial charge in [0.2, 0.25) is 0 Å². The largest absolute Gasteiger partial charge is 0.308 e. The van der Waals surface area contributed by atoms with Gasteiger partial charge in [-0.25, -0.2) is 4.98 Å². The molecule has 0 spiro atoms. The minimum absolute atomic E-state index is 0.972. The summed E-state index contributed by atoms with van der Waals surface area (Å²) in [5, 5.41) is 3.65. The Morgan fingerprint density at radius 3 is 2.41 bits per heavy atom. The summed E-state index contributed by atoms with van der Waals surface area (Å²) >= 11 is 1.76. The first-order valence-electron chi connectivity index (χ1n) is 10.6. The van der Waals surface area contributed by atoms with Gasteiger partial charge in [0.05, 0.1) is 22.2 Å². The molecule has 150 valence electrons. The molecule has 7 rings (SSSR count). The number of pyridine rings is 2. The minimum Gasteiger partial charge on any atom is -0.308 e. The Morgan fingerprint density at radius 1 is 0.656 bits per heavy atom. The van der Waals surface area contributed by atoms with E-state index in [0.29, 0.717) is 0 Å². The van der Waals surface area contributed by atoms with Crippen molar-refractivity contribution >= 4 is 53.6 Å². The molecule has 4 aromatic heterocycles. The predicted molar refractivity (Wildman–Crippen MR) is 135 cm³/mol. The highest BCUT2D eigenvalue weighted by Gasteiger charge is 2.16. The summed E-state index contributed by atoms with van der Waals surface area (Å²) < 4.78 is 3.60. The highest BCUT2D eigenvalue weighted by molar-refractivity contribution is 7.25. The molecule has 0 unspecified atom stereocenters. The maximum absolute atomic E-state index is 5.16. The van der Waals surface area contributed by atoms with Gasteiger partial charge < -0.3 is 4.57 Å². The van der Waals surface area contributed by atoms with E-state index in [9.17, 15) is 0 Å². The van der Waals surface area contributed by atoms with Gasteiger partial charge >= 0.3 is 0 Å². The van der Waals surface area contributed by atoms with E-state index in [1.54, 1.807) is 11.3 Å². The minimum atomic E-state index is 0.972. The van der Waals surface area contributed by atoms with Gasteiger partial charge in [-0.15, -0.1) is 11.3 Å². The molecule has 3 nitrogen and oxygen atoms in total. The van der Waals surface area contributed by atoms with Crippen molar-refractivity contribution in [2.24, 2.45) is 0 Å². The number of hydrogen-bond acceptors (Lipinski definition) is 3. The standard InChI is InChI=1S/C28H17N3S/c1-3-13-24-21(11-1)27-25(17-22-20-10-2-4-14-26(20)32-28(22)30-27)31(24)19-9-7-8-18(16-19)23-12-5-6-15-29-23/h1-17H. The van der Waals surface area contributed by atoms with Crippen molar-refractivity contribution in [3.8, 4) is 16.9 Å². The summed E-state index contributed by atoms with van der Waals surface area (Å²) in [6.45, 7) is 0. The first-order chi connectivity index (χ1) is 15.9. The number of nitrogens with zero attached hydrogens (tertiary/aromatic N) is 3. The smallest absolute Gasteiger partial charge is 0.125 e. The van der Waals surface area contributed by atoms with Crippen molar-refractivity contribution < 1.29 is 0 Å². The highest BCUT2D eigenvalue weighted by atomic mass is 32.1. The predicted octanol–water partition coefficient (Wildman–Crippen LogP) is 7.61. The van der Waals surface area contributed by atoms with Crippen LogP contribution in [0.4, 0.5) is 0 Å². The molecule has 0 aliphatic rings. The molecule has 3 aromatic carbocycles. The van der Waals surface area contributed by atoms with Crippen molar-refractivity contribution in [1.82, 2.24) is 14.5 Å². The lowest BCUT2D eigenvalue weighted by atomic mass is 10.1. The van der Waals surface area contributed by atoms with E-state index in [0.717, 1.165) is 38.3 Å². The topological polar surface area (TPSA) is 30.7 Å². The molecule has 0 bridgehead atoms. The Balaban J connectivity index is 1.58. The monoisotopic (exact) mass is 427 g/mol. The van der Waals surface area contributed by atoms with Gasteiger partial charge in [-0.3, -0.25) is 4.98 Å². The van der Waals surface area contributed by atoms with Gasteiger partial charge in [-0.2, -0.15) is 0 Å². The summed E-state index contributed by atoms with van der Waals surface area (Å²) in [4.78, 5) is 10.8. The number of para-hydroxylation sites is 1. The van der Waals surface area contributed by atoms with Crippen LogP contribution in [-0.2, 0) is 0 Å². The van der Waals surface area contributed by atoms with Gasteiger partial charge in [0.1, 0.15) is 4.83 Å². The average Bonchev–Trinajstić information content (AvgIpc) is 3.38. The summed E-state index contributed by atoms with van der Waals surface area (Å²) in [5.74, 6) is 0. The molecule has 0 aliphatic heterocycles. The van der Waals surface area contributed by atoms with Gasteiger partial charge in [0.15, 0.2) is 0 Å². The normalized spacial score (nSPS) is 11.8. The molecular formula is C28H17N3S. The van der Waals surface area contributed by atoms with Gasteiger partial charge in [0.25, 0.3) is 0 Å². The van der Waals surface area contributed by atoms with E-state index in [1.807, 2.05) is 24.4 Å². The molecule has 0 amide bonds. The van der Waals surface area contributed by atoms with E-state index in [4.69, 9.17) is 4.98 Å². The molecule has 4 heterocycles. The quantitative estimate of drug-likeness (QED) is 0.284. The van der Waals surface area contributed by atoms with Crippen molar-refractivity contribution in [3.63, 3.8) is 0 Å². The fourth-order valence-corrected chi connectivity index (χ4v) is 5.68. The first-order valence-corrected chi connectivity index (χ1v) is 11.4. The second-order valence-electron chi connectivity index (χ2n) is 7.92. The van der Waals surface area contributed by atoms with Crippen molar-refractivity contribution in [1.29, 1.82) is 0 Å². The Morgan fingerprint density at radius 2 is 1.50 bits per heavy atom. The van der Waals surface area contributed by atoms with Crippen molar-refractivity contribution in [3.05, 3.63) is 103 Å². The second kappa shape index (κ2) is 6.74. The van der Waals surface area contributed by atoms with E-state index in [1.165, 1.54) is 20.9 Å². The van der Waals surface area contributed by atoms with E-state index in [2.05, 4.69) is 88.4 Å². The Hall–Kier alpha value is -4.02. The molecule has 7 aromatic rings. The Labute approximate surface area is 188 Å². The number of rotatable bonds is 2. The zero-order chi connectivity index (χ0) is 21.1. The Kier molecular flexibility index (Phi) is 3.72.